The Labute approximate surface area is 147 Å². The van der Waals surface area contributed by atoms with Crippen LogP contribution in [0.15, 0.2) is 35.1 Å². The Hall–Kier alpha value is -1.76. The smallest absolute Gasteiger partial charge is 0.338 e. The molecule has 0 aliphatic carbocycles. The van der Waals surface area contributed by atoms with E-state index < -0.39 is 11.7 Å². The van der Waals surface area contributed by atoms with Gasteiger partial charge in [0, 0.05) is 24.7 Å². The van der Waals surface area contributed by atoms with E-state index in [0.29, 0.717) is 25.0 Å². The highest BCUT2D eigenvalue weighted by Crippen LogP contribution is 2.37. The lowest BCUT2D eigenvalue weighted by molar-refractivity contribution is -0.136. The van der Waals surface area contributed by atoms with Crippen LogP contribution in [0, 0.1) is 5.92 Å². The van der Waals surface area contributed by atoms with Crippen molar-refractivity contribution in [2.75, 3.05) is 6.54 Å². The topological polar surface area (TPSA) is 58.4 Å². The fourth-order valence-corrected chi connectivity index (χ4v) is 3.37. The first-order valence-electron chi connectivity index (χ1n) is 8.30. The summed E-state index contributed by atoms with van der Waals surface area (Å²) in [6.07, 6.45) is 0.690. The van der Waals surface area contributed by atoms with Gasteiger partial charge in [-0.2, -0.15) is 13.2 Å². The second-order valence-corrected chi connectivity index (χ2v) is 7.03. The van der Waals surface area contributed by atoms with E-state index in [0.717, 1.165) is 6.08 Å². The number of allylic oxidation sites excluding steroid dienone is 6. The fraction of sp³-hybridized carbons (Fsp3) is 0.611. The lowest BCUT2D eigenvalue weighted by atomic mass is 9.78. The van der Waals surface area contributed by atoms with Crippen LogP contribution in [0.4, 0.5) is 13.2 Å². The first-order valence-corrected chi connectivity index (χ1v) is 8.30. The van der Waals surface area contributed by atoms with Crippen molar-refractivity contribution in [2.45, 2.75) is 59.2 Å². The van der Waals surface area contributed by atoms with E-state index in [-0.39, 0.29) is 23.1 Å². The van der Waals surface area contributed by atoms with Crippen LogP contribution >= 0.6 is 0 Å². The van der Waals surface area contributed by atoms with Crippen molar-refractivity contribution in [3.05, 3.63) is 35.1 Å². The summed E-state index contributed by atoms with van der Waals surface area (Å²) in [6, 6.07) is 0. The Kier molecular flexibility index (Phi) is 6.88. The van der Waals surface area contributed by atoms with Crippen LogP contribution in [-0.2, 0) is 4.79 Å². The Bertz CT molecular complexity index is 589. The number of alkyl halides is 3. The van der Waals surface area contributed by atoms with Crippen molar-refractivity contribution < 1.29 is 18.0 Å². The SMILES string of the molecule is C/C=C(/C=C(\C=C(/C)NN)C(F)(F)F)C1CCN(C(C)=O)C(C)(C)C1. The van der Waals surface area contributed by atoms with Crippen LogP contribution in [0.2, 0.25) is 0 Å². The number of halogens is 3. The third kappa shape index (κ3) is 5.63. The molecular weight excluding hydrogens is 331 g/mol. The molecule has 1 aliphatic heterocycles. The minimum absolute atomic E-state index is 0.00965. The van der Waals surface area contributed by atoms with Gasteiger partial charge in [0.2, 0.25) is 5.91 Å². The number of hydrogen-bond acceptors (Lipinski definition) is 3. The Morgan fingerprint density at radius 3 is 2.28 bits per heavy atom. The summed E-state index contributed by atoms with van der Waals surface area (Å²) in [5.41, 5.74) is 1.95. The van der Waals surface area contributed by atoms with Gasteiger partial charge in [-0.15, -0.1) is 0 Å². The number of rotatable bonds is 4. The van der Waals surface area contributed by atoms with Gasteiger partial charge in [-0.25, -0.2) is 0 Å². The third-order valence-electron chi connectivity index (χ3n) is 4.61. The summed E-state index contributed by atoms with van der Waals surface area (Å²) in [6.45, 7) is 9.17. The van der Waals surface area contributed by atoms with Crippen LogP contribution in [0.1, 0.15) is 47.5 Å². The van der Waals surface area contributed by atoms with Crippen LogP contribution in [-0.4, -0.2) is 29.1 Å². The summed E-state index contributed by atoms with van der Waals surface area (Å²) in [5, 5.41) is 0. The van der Waals surface area contributed by atoms with E-state index in [1.807, 2.05) is 13.8 Å². The van der Waals surface area contributed by atoms with Crippen molar-refractivity contribution in [1.82, 2.24) is 10.3 Å². The molecule has 0 saturated carbocycles. The molecule has 1 aliphatic rings. The largest absolute Gasteiger partial charge is 0.416 e. The van der Waals surface area contributed by atoms with Crippen LogP contribution in [0.3, 0.4) is 0 Å². The van der Waals surface area contributed by atoms with Gasteiger partial charge in [-0.3, -0.25) is 10.6 Å². The fourth-order valence-electron chi connectivity index (χ4n) is 3.37. The summed E-state index contributed by atoms with van der Waals surface area (Å²) in [5.74, 6) is 5.14. The molecule has 0 aromatic heterocycles. The van der Waals surface area contributed by atoms with Crippen LogP contribution < -0.4 is 11.3 Å². The standard InChI is InChI=1S/C18H28F3N3O/c1-6-14(10-16(18(19,20)21)9-12(2)23-22)15-7-8-24(13(3)25)17(4,5)11-15/h6,9-10,15,23H,7-8,11,22H2,1-5H3/b12-9+,14-6-,16-10+. The first-order chi connectivity index (χ1) is 11.4. The monoisotopic (exact) mass is 359 g/mol. The maximum atomic E-state index is 13.3. The number of nitrogens with one attached hydrogen (secondary N) is 1. The second kappa shape index (κ2) is 8.08. The molecule has 1 atom stereocenters. The average Bonchev–Trinajstić information content (AvgIpc) is 2.48. The van der Waals surface area contributed by atoms with E-state index in [1.165, 1.54) is 19.9 Å². The molecule has 0 aromatic rings. The van der Waals surface area contributed by atoms with Gasteiger partial charge >= 0.3 is 6.18 Å². The van der Waals surface area contributed by atoms with E-state index in [1.54, 1.807) is 17.9 Å². The number of carbonyl (C=O) groups excluding carboxylic acids is 1. The molecular formula is C18H28F3N3O. The van der Waals surface area contributed by atoms with E-state index in [4.69, 9.17) is 5.84 Å². The van der Waals surface area contributed by atoms with Crippen molar-refractivity contribution in [2.24, 2.45) is 11.8 Å². The Morgan fingerprint density at radius 2 is 1.88 bits per heavy atom. The Balaban J connectivity index is 3.15. The lowest BCUT2D eigenvalue weighted by Gasteiger charge is -2.45. The minimum atomic E-state index is -4.47. The van der Waals surface area contributed by atoms with Gasteiger partial charge in [0.15, 0.2) is 0 Å². The van der Waals surface area contributed by atoms with Crippen molar-refractivity contribution in [3.8, 4) is 0 Å². The minimum Gasteiger partial charge on any atom is -0.338 e. The zero-order valence-electron chi connectivity index (χ0n) is 15.5. The summed E-state index contributed by atoms with van der Waals surface area (Å²) in [7, 11) is 0. The molecule has 0 radical (unpaired) electrons. The number of piperidine rings is 1. The zero-order chi connectivity index (χ0) is 19.4. The Morgan fingerprint density at radius 1 is 1.28 bits per heavy atom. The van der Waals surface area contributed by atoms with Gasteiger partial charge < -0.3 is 10.3 Å². The highest BCUT2D eigenvalue weighted by Gasteiger charge is 2.38. The summed E-state index contributed by atoms with van der Waals surface area (Å²) in [4.78, 5) is 13.5. The molecule has 7 heteroatoms. The zero-order valence-corrected chi connectivity index (χ0v) is 15.5. The molecule has 1 fully saturated rings. The number of nitrogens with zero attached hydrogens (tertiary/aromatic N) is 1. The molecule has 4 nitrogen and oxygen atoms in total. The van der Waals surface area contributed by atoms with E-state index in [2.05, 4.69) is 5.43 Å². The summed E-state index contributed by atoms with van der Waals surface area (Å²) >= 11 is 0. The maximum absolute atomic E-state index is 13.3. The van der Waals surface area contributed by atoms with E-state index >= 15 is 0 Å². The number of likely N-dealkylation sites (tertiary alicyclic amines) is 1. The van der Waals surface area contributed by atoms with Gasteiger partial charge in [0.05, 0.1) is 5.57 Å². The number of amides is 1. The molecule has 0 aromatic carbocycles. The molecule has 1 unspecified atom stereocenters. The van der Waals surface area contributed by atoms with Gasteiger partial charge in [-0.05, 0) is 64.2 Å². The molecule has 0 bridgehead atoms. The number of hydrazine groups is 1. The third-order valence-corrected chi connectivity index (χ3v) is 4.61. The van der Waals surface area contributed by atoms with E-state index in [9.17, 15) is 18.0 Å². The second-order valence-electron chi connectivity index (χ2n) is 7.03. The lowest BCUT2D eigenvalue weighted by Crippen LogP contribution is -2.52. The molecule has 1 amide bonds. The number of nitrogens with two attached hydrogens (primary N) is 1. The predicted octanol–water partition coefficient (Wildman–Crippen LogP) is 3.83. The van der Waals surface area contributed by atoms with Crippen molar-refractivity contribution in [3.63, 3.8) is 0 Å². The molecule has 1 heterocycles. The molecule has 3 N–H and O–H groups in total. The van der Waals surface area contributed by atoms with Gasteiger partial charge in [-0.1, -0.05) is 6.08 Å². The molecule has 1 saturated heterocycles. The highest BCUT2D eigenvalue weighted by atomic mass is 19.4. The van der Waals surface area contributed by atoms with Crippen LogP contribution in [0.5, 0.6) is 0 Å². The first kappa shape index (κ1) is 21.3. The number of hydrogen-bond donors (Lipinski definition) is 2. The number of carbonyl (C=O) groups is 1. The molecule has 0 spiro atoms. The highest BCUT2D eigenvalue weighted by molar-refractivity contribution is 5.74. The molecule has 142 valence electrons. The van der Waals surface area contributed by atoms with Crippen LogP contribution in [0.25, 0.3) is 0 Å². The average molecular weight is 359 g/mol. The van der Waals surface area contributed by atoms with Crippen molar-refractivity contribution >= 4 is 5.91 Å². The summed E-state index contributed by atoms with van der Waals surface area (Å²) < 4.78 is 40.0. The normalized spacial score (nSPS) is 22.8. The molecule has 1 rings (SSSR count). The quantitative estimate of drug-likeness (QED) is 0.456. The van der Waals surface area contributed by atoms with Crippen molar-refractivity contribution in [1.29, 1.82) is 0 Å². The van der Waals surface area contributed by atoms with Gasteiger partial charge in [0.25, 0.3) is 0 Å². The predicted molar refractivity (Wildman–Crippen MR) is 93.2 cm³/mol. The van der Waals surface area contributed by atoms with Gasteiger partial charge in [0.1, 0.15) is 0 Å². The molecule has 25 heavy (non-hydrogen) atoms. The maximum Gasteiger partial charge on any atom is 0.416 e.